The van der Waals surface area contributed by atoms with Crippen LogP contribution in [0.3, 0.4) is 0 Å². The lowest BCUT2D eigenvalue weighted by Crippen LogP contribution is -2.45. The lowest BCUT2D eigenvalue weighted by Gasteiger charge is -2.29. The van der Waals surface area contributed by atoms with Crippen molar-refractivity contribution in [1.82, 2.24) is 5.32 Å². The largest absolute Gasteiger partial charge is 0.494 e. The highest BCUT2D eigenvalue weighted by Gasteiger charge is 2.24. The molecule has 0 spiro atoms. The van der Waals surface area contributed by atoms with Gasteiger partial charge >= 0.3 is 0 Å². The lowest BCUT2D eigenvalue weighted by atomic mass is 9.95. The van der Waals surface area contributed by atoms with Crippen LogP contribution in [0.25, 0.3) is 0 Å². The Morgan fingerprint density at radius 2 is 1.95 bits per heavy atom. The second kappa shape index (κ2) is 8.93. The van der Waals surface area contributed by atoms with Crippen LogP contribution in [0.5, 0.6) is 5.75 Å². The zero-order chi connectivity index (χ0) is 15.7. The van der Waals surface area contributed by atoms with Crippen LogP contribution in [0.4, 0.5) is 0 Å². The maximum atomic E-state index is 12.3. The van der Waals surface area contributed by atoms with Gasteiger partial charge in [-0.3, -0.25) is 4.79 Å². The molecule has 3 nitrogen and oxygen atoms in total. The Labute approximate surface area is 133 Å². The van der Waals surface area contributed by atoms with E-state index in [1.807, 2.05) is 19.1 Å². The Morgan fingerprint density at radius 1 is 1.29 bits per heavy atom. The monoisotopic (exact) mass is 311 g/mol. The minimum absolute atomic E-state index is 0.0652. The minimum Gasteiger partial charge on any atom is -0.494 e. The van der Waals surface area contributed by atoms with Gasteiger partial charge in [0.15, 0.2) is 0 Å². The number of hydrogen-bond acceptors (Lipinski definition) is 2. The van der Waals surface area contributed by atoms with Crippen molar-refractivity contribution in [3.63, 3.8) is 0 Å². The normalized spacial score (nSPS) is 13.5. The number of halogens is 1. The van der Waals surface area contributed by atoms with Crippen LogP contribution in [-0.2, 0) is 0 Å². The topological polar surface area (TPSA) is 38.3 Å². The molecule has 1 N–H and O–H groups in total. The summed E-state index contributed by atoms with van der Waals surface area (Å²) in [6, 6.07) is 7.28. The SMILES string of the molecule is CCCCOc1ccc(C(=O)NC(C)(CC)CCCl)cc1. The van der Waals surface area contributed by atoms with Crippen molar-refractivity contribution in [3.05, 3.63) is 29.8 Å². The molecular weight excluding hydrogens is 286 g/mol. The molecule has 1 rings (SSSR count). The van der Waals surface area contributed by atoms with Crippen LogP contribution in [0.2, 0.25) is 0 Å². The number of benzene rings is 1. The fourth-order valence-corrected chi connectivity index (χ4v) is 2.34. The predicted molar refractivity (Wildman–Crippen MR) is 88.3 cm³/mol. The van der Waals surface area contributed by atoms with Gasteiger partial charge in [-0.15, -0.1) is 11.6 Å². The van der Waals surface area contributed by atoms with Gasteiger partial charge in [0.2, 0.25) is 0 Å². The standard InChI is InChI=1S/C17H26ClNO2/c1-4-6-13-21-15-9-7-14(8-10-15)16(20)19-17(3,5-2)11-12-18/h7-10H,4-6,11-13H2,1-3H3,(H,19,20). The van der Waals surface area contributed by atoms with Crippen molar-refractivity contribution >= 4 is 17.5 Å². The molecule has 1 aromatic rings. The summed E-state index contributed by atoms with van der Waals surface area (Å²) in [5, 5.41) is 3.07. The molecule has 1 unspecified atom stereocenters. The maximum Gasteiger partial charge on any atom is 0.251 e. The number of carbonyl (C=O) groups excluding carboxylic acids is 1. The average molecular weight is 312 g/mol. The summed E-state index contributed by atoms with van der Waals surface area (Å²) in [5.74, 6) is 1.28. The number of rotatable bonds is 9. The molecule has 118 valence electrons. The van der Waals surface area contributed by atoms with Gasteiger partial charge in [-0.05, 0) is 50.5 Å². The van der Waals surface area contributed by atoms with Gasteiger partial charge in [0, 0.05) is 17.0 Å². The van der Waals surface area contributed by atoms with E-state index >= 15 is 0 Å². The van der Waals surface area contributed by atoms with Crippen LogP contribution in [0, 0.1) is 0 Å². The van der Waals surface area contributed by atoms with Gasteiger partial charge in [0.05, 0.1) is 6.61 Å². The summed E-state index contributed by atoms with van der Waals surface area (Å²) in [7, 11) is 0. The first-order chi connectivity index (χ1) is 10.0. The molecule has 1 aromatic carbocycles. The van der Waals surface area contributed by atoms with Gasteiger partial charge in [0.25, 0.3) is 5.91 Å². The molecule has 0 saturated carbocycles. The van der Waals surface area contributed by atoms with Gasteiger partial charge in [-0.1, -0.05) is 20.3 Å². The van der Waals surface area contributed by atoms with Crippen molar-refractivity contribution < 1.29 is 9.53 Å². The quantitative estimate of drug-likeness (QED) is 0.542. The summed E-state index contributed by atoms with van der Waals surface area (Å²) in [4.78, 5) is 12.3. The molecule has 1 amide bonds. The Hall–Kier alpha value is -1.22. The summed E-state index contributed by atoms with van der Waals surface area (Å²) in [6.07, 6.45) is 3.75. The second-order valence-corrected chi connectivity index (χ2v) is 5.91. The van der Waals surface area contributed by atoms with E-state index in [2.05, 4.69) is 19.2 Å². The highest BCUT2D eigenvalue weighted by Crippen LogP contribution is 2.18. The summed E-state index contributed by atoms with van der Waals surface area (Å²) >= 11 is 5.81. The number of amides is 1. The first-order valence-electron chi connectivity index (χ1n) is 7.66. The van der Waals surface area contributed by atoms with E-state index in [1.54, 1.807) is 12.1 Å². The van der Waals surface area contributed by atoms with Crippen molar-refractivity contribution in [3.8, 4) is 5.75 Å². The third-order valence-corrected chi connectivity index (χ3v) is 3.91. The fourth-order valence-electron chi connectivity index (χ4n) is 1.92. The molecule has 0 aliphatic heterocycles. The molecule has 0 aromatic heterocycles. The van der Waals surface area contributed by atoms with Gasteiger partial charge < -0.3 is 10.1 Å². The number of nitrogens with one attached hydrogen (secondary N) is 1. The highest BCUT2D eigenvalue weighted by atomic mass is 35.5. The van der Waals surface area contributed by atoms with E-state index in [0.29, 0.717) is 18.1 Å². The molecule has 0 bridgehead atoms. The van der Waals surface area contributed by atoms with Crippen molar-refractivity contribution in [2.45, 2.75) is 52.0 Å². The molecule has 0 aliphatic carbocycles. The Kier molecular flexibility index (Phi) is 7.58. The van der Waals surface area contributed by atoms with Gasteiger partial charge in [-0.25, -0.2) is 0 Å². The minimum atomic E-state index is -0.255. The molecule has 1 atom stereocenters. The molecule has 21 heavy (non-hydrogen) atoms. The number of alkyl halides is 1. The zero-order valence-corrected chi connectivity index (χ0v) is 14.0. The van der Waals surface area contributed by atoms with Crippen molar-refractivity contribution in [2.24, 2.45) is 0 Å². The Bertz CT molecular complexity index is 433. The number of carbonyl (C=O) groups is 1. The molecule has 0 saturated heterocycles. The van der Waals surface area contributed by atoms with E-state index < -0.39 is 0 Å². The molecular formula is C17H26ClNO2. The number of unbranched alkanes of at least 4 members (excludes halogenated alkanes) is 1. The van der Waals surface area contributed by atoms with E-state index in [0.717, 1.165) is 31.4 Å². The van der Waals surface area contributed by atoms with E-state index in [9.17, 15) is 4.79 Å². The van der Waals surface area contributed by atoms with E-state index in [4.69, 9.17) is 16.3 Å². The third kappa shape index (κ3) is 5.96. The summed E-state index contributed by atoms with van der Waals surface area (Å²) in [6.45, 7) is 6.92. The van der Waals surface area contributed by atoms with Crippen molar-refractivity contribution in [1.29, 1.82) is 0 Å². The fraction of sp³-hybridized carbons (Fsp3) is 0.588. The first kappa shape index (κ1) is 17.8. The Balaban J connectivity index is 2.62. The zero-order valence-electron chi connectivity index (χ0n) is 13.2. The predicted octanol–water partition coefficient (Wildman–Crippen LogP) is 4.39. The average Bonchev–Trinajstić information content (AvgIpc) is 2.48. The van der Waals surface area contributed by atoms with E-state index in [-0.39, 0.29) is 11.4 Å². The maximum absolute atomic E-state index is 12.3. The van der Waals surface area contributed by atoms with Crippen LogP contribution in [0.1, 0.15) is 56.8 Å². The number of ether oxygens (including phenoxy) is 1. The van der Waals surface area contributed by atoms with Crippen LogP contribution in [0.15, 0.2) is 24.3 Å². The van der Waals surface area contributed by atoms with E-state index in [1.165, 1.54) is 0 Å². The second-order valence-electron chi connectivity index (χ2n) is 5.53. The number of hydrogen-bond donors (Lipinski definition) is 1. The smallest absolute Gasteiger partial charge is 0.251 e. The Morgan fingerprint density at radius 3 is 2.48 bits per heavy atom. The van der Waals surface area contributed by atoms with Crippen molar-refractivity contribution in [2.75, 3.05) is 12.5 Å². The lowest BCUT2D eigenvalue weighted by molar-refractivity contribution is 0.0901. The first-order valence-corrected chi connectivity index (χ1v) is 8.19. The molecule has 0 radical (unpaired) electrons. The van der Waals surface area contributed by atoms with Crippen LogP contribution in [-0.4, -0.2) is 23.9 Å². The molecule has 0 fully saturated rings. The van der Waals surface area contributed by atoms with Crippen LogP contribution < -0.4 is 10.1 Å². The summed E-state index contributed by atoms with van der Waals surface area (Å²) in [5.41, 5.74) is 0.391. The third-order valence-electron chi connectivity index (χ3n) is 3.73. The van der Waals surface area contributed by atoms with Crippen LogP contribution >= 0.6 is 11.6 Å². The molecule has 4 heteroatoms. The highest BCUT2D eigenvalue weighted by molar-refractivity contribution is 6.17. The van der Waals surface area contributed by atoms with Gasteiger partial charge in [0.1, 0.15) is 5.75 Å². The molecule has 0 heterocycles. The van der Waals surface area contributed by atoms with Gasteiger partial charge in [-0.2, -0.15) is 0 Å². The summed E-state index contributed by atoms with van der Waals surface area (Å²) < 4.78 is 5.59. The molecule has 0 aliphatic rings.